The van der Waals surface area contributed by atoms with E-state index >= 15 is 0 Å². The molecule has 0 bridgehead atoms. The molecule has 1 saturated carbocycles. The van der Waals surface area contributed by atoms with Gasteiger partial charge in [0, 0.05) is 29.7 Å². The van der Waals surface area contributed by atoms with Crippen molar-refractivity contribution in [3.63, 3.8) is 0 Å². The number of hydrogen-bond donors (Lipinski definition) is 2. The Labute approximate surface area is 129 Å². The van der Waals surface area contributed by atoms with E-state index in [1.54, 1.807) is 22.9 Å². The molecule has 118 valence electrons. The van der Waals surface area contributed by atoms with Gasteiger partial charge in [-0.2, -0.15) is 4.98 Å². The molecule has 2 aromatic rings. The monoisotopic (exact) mass is 302 g/mol. The fourth-order valence-corrected chi connectivity index (χ4v) is 3.01. The highest BCUT2D eigenvalue weighted by Crippen LogP contribution is 2.21. The van der Waals surface area contributed by atoms with Crippen molar-refractivity contribution in [2.75, 3.05) is 5.32 Å². The van der Waals surface area contributed by atoms with E-state index in [1.165, 1.54) is 0 Å². The second kappa shape index (κ2) is 6.04. The Bertz CT molecular complexity index is 718. The van der Waals surface area contributed by atoms with Crippen LogP contribution in [0.3, 0.4) is 0 Å². The van der Waals surface area contributed by atoms with E-state index in [4.69, 9.17) is 0 Å². The van der Waals surface area contributed by atoms with E-state index in [9.17, 15) is 9.90 Å². The van der Waals surface area contributed by atoms with Gasteiger partial charge in [-0.05, 0) is 45.6 Å². The summed E-state index contributed by atoms with van der Waals surface area (Å²) in [6.07, 6.45) is 5.01. The highest BCUT2D eigenvalue weighted by molar-refractivity contribution is 5.75. The molecule has 6 heteroatoms. The van der Waals surface area contributed by atoms with Crippen LogP contribution in [0.2, 0.25) is 0 Å². The number of anilines is 1. The first kappa shape index (κ1) is 15.0. The number of aliphatic hydroxyl groups is 1. The van der Waals surface area contributed by atoms with Crippen LogP contribution in [-0.2, 0) is 0 Å². The molecule has 0 unspecified atom stereocenters. The van der Waals surface area contributed by atoms with Gasteiger partial charge in [-0.3, -0.25) is 9.36 Å². The summed E-state index contributed by atoms with van der Waals surface area (Å²) in [5, 5.41) is 13.8. The first-order chi connectivity index (χ1) is 10.5. The van der Waals surface area contributed by atoms with E-state index in [2.05, 4.69) is 15.3 Å². The van der Waals surface area contributed by atoms with Crippen molar-refractivity contribution in [1.29, 1.82) is 0 Å². The number of nitrogens with zero attached hydrogens (tertiary/aromatic N) is 3. The third-order valence-electron chi connectivity index (χ3n) is 4.21. The van der Waals surface area contributed by atoms with Gasteiger partial charge in [0.2, 0.25) is 5.95 Å². The maximum absolute atomic E-state index is 12.1. The van der Waals surface area contributed by atoms with Gasteiger partial charge >= 0.3 is 0 Å². The first-order valence-corrected chi connectivity index (χ1v) is 7.87. The predicted molar refractivity (Wildman–Crippen MR) is 86.1 cm³/mol. The SMILES string of the molecule is CC(C)n1c(=O)ccc2cnc(NC3CCC(O)CC3)nc21. The summed E-state index contributed by atoms with van der Waals surface area (Å²) in [7, 11) is 0. The van der Waals surface area contributed by atoms with Crippen LogP contribution in [0.25, 0.3) is 11.0 Å². The van der Waals surface area contributed by atoms with E-state index in [1.807, 2.05) is 13.8 Å². The van der Waals surface area contributed by atoms with Crippen LogP contribution < -0.4 is 10.9 Å². The Morgan fingerprint density at radius 2 is 2.00 bits per heavy atom. The van der Waals surface area contributed by atoms with E-state index in [0.29, 0.717) is 11.6 Å². The van der Waals surface area contributed by atoms with Crippen molar-refractivity contribution in [3.05, 3.63) is 28.7 Å². The zero-order valence-corrected chi connectivity index (χ0v) is 13.0. The second-order valence-electron chi connectivity index (χ2n) is 6.26. The Kier molecular flexibility index (Phi) is 4.11. The topological polar surface area (TPSA) is 80.0 Å². The van der Waals surface area contributed by atoms with Crippen LogP contribution in [-0.4, -0.2) is 31.8 Å². The molecular formula is C16H22N4O2. The molecule has 0 aromatic carbocycles. The number of nitrogens with one attached hydrogen (secondary N) is 1. The molecular weight excluding hydrogens is 280 g/mol. The smallest absolute Gasteiger partial charge is 0.252 e. The summed E-state index contributed by atoms with van der Waals surface area (Å²) in [6.45, 7) is 3.94. The fourth-order valence-electron chi connectivity index (χ4n) is 3.01. The molecule has 22 heavy (non-hydrogen) atoms. The van der Waals surface area contributed by atoms with Gasteiger partial charge < -0.3 is 10.4 Å². The fraction of sp³-hybridized carbons (Fsp3) is 0.562. The van der Waals surface area contributed by atoms with Crippen LogP contribution in [0.5, 0.6) is 0 Å². The predicted octanol–water partition coefficient (Wildman–Crippen LogP) is 2.09. The number of aliphatic hydroxyl groups excluding tert-OH is 1. The summed E-state index contributed by atoms with van der Waals surface area (Å²) in [4.78, 5) is 21.0. The van der Waals surface area contributed by atoms with Crippen LogP contribution in [0.1, 0.15) is 45.6 Å². The Morgan fingerprint density at radius 1 is 1.27 bits per heavy atom. The zero-order chi connectivity index (χ0) is 15.7. The van der Waals surface area contributed by atoms with Crippen LogP contribution >= 0.6 is 0 Å². The average molecular weight is 302 g/mol. The van der Waals surface area contributed by atoms with Crippen molar-refractivity contribution < 1.29 is 5.11 Å². The molecule has 1 aliphatic carbocycles. The minimum absolute atomic E-state index is 0.0452. The van der Waals surface area contributed by atoms with E-state index in [-0.39, 0.29) is 23.7 Å². The highest BCUT2D eigenvalue weighted by atomic mass is 16.3. The molecule has 2 N–H and O–H groups in total. The molecule has 0 atom stereocenters. The summed E-state index contributed by atoms with van der Waals surface area (Å²) >= 11 is 0. The summed E-state index contributed by atoms with van der Waals surface area (Å²) in [5.74, 6) is 0.550. The second-order valence-corrected chi connectivity index (χ2v) is 6.26. The lowest BCUT2D eigenvalue weighted by Crippen LogP contribution is -2.29. The quantitative estimate of drug-likeness (QED) is 0.907. The summed E-state index contributed by atoms with van der Waals surface area (Å²) in [5.41, 5.74) is 0.615. The number of hydrogen-bond acceptors (Lipinski definition) is 5. The third kappa shape index (κ3) is 2.97. The highest BCUT2D eigenvalue weighted by Gasteiger charge is 2.20. The minimum Gasteiger partial charge on any atom is -0.393 e. The Balaban J connectivity index is 1.92. The van der Waals surface area contributed by atoms with Crippen molar-refractivity contribution in [2.24, 2.45) is 0 Å². The number of pyridine rings is 1. The molecule has 0 radical (unpaired) electrons. The van der Waals surface area contributed by atoms with Crippen molar-refractivity contribution >= 4 is 17.0 Å². The van der Waals surface area contributed by atoms with Crippen molar-refractivity contribution in [1.82, 2.24) is 14.5 Å². The van der Waals surface area contributed by atoms with Crippen molar-refractivity contribution in [2.45, 2.75) is 57.7 Å². The number of rotatable bonds is 3. The zero-order valence-electron chi connectivity index (χ0n) is 13.0. The van der Waals surface area contributed by atoms with Crippen LogP contribution in [0, 0.1) is 0 Å². The lowest BCUT2D eigenvalue weighted by atomic mass is 9.93. The number of fused-ring (bicyclic) bond motifs is 1. The van der Waals surface area contributed by atoms with Gasteiger partial charge in [0.1, 0.15) is 5.65 Å². The lowest BCUT2D eigenvalue weighted by molar-refractivity contribution is 0.126. The van der Waals surface area contributed by atoms with Gasteiger partial charge in [0.05, 0.1) is 6.10 Å². The van der Waals surface area contributed by atoms with Gasteiger partial charge in [0.15, 0.2) is 0 Å². The van der Waals surface area contributed by atoms with Gasteiger partial charge in [-0.15, -0.1) is 0 Å². The minimum atomic E-state index is -0.179. The van der Waals surface area contributed by atoms with Gasteiger partial charge in [-0.1, -0.05) is 0 Å². The molecule has 2 aromatic heterocycles. The summed E-state index contributed by atoms with van der Waals surface area (Å²) in [6, 6.07) is 3.64. The Morgan fingerprint density at radius 3 is 2.68 bits per heavy atom. The maximum atomic E-state index is 12.1. The lowest BCUT2D eigenvalue weighted by Gasteiger charge is -2.26. The third-order valence-corrected chi connectivity index (χ3v) is 4.21. The average Bonchev–Trinajstić information content (AvgIpc) is 2.49. The normalized spacial score (nSPS) is 22.2. The molecule has 0 amide bonds. The van der Waals surface area contributed by atoms with Crippen molar-refractivity contribution in [3.8, 4) is 0 Å². The molecule has 3 rings (SSSR count). The molecule has 0 aliphatic heterocycles. The molecule has 1 aliphatic rings. The molecule has 0 saturated heterocycles. The molecule has 0 spiro atoms. The van der Waals surface area contributed by atoms with Gasteiger partial charge in [-0.25, -0.2) is 4.98 Å². The standard InChI is InChI=1S/C16H22N4O2/c1-10(2)20-14(22)8-3-11-9-17-16(19-15(11)20)18-12-4-6-13(21)7-5-12/h3,8-10,12-13,21H,4-7H2,1-2H3,(H,17,18,19). The van der Waals surface area contributed by atoms with E-state index in [0.717, 1.165) is 31.1 Å². The van der Waals surface area contributed by atoms with E-state index < -0.39 is 0 Å². The first-order valence-electron chi connectivity index (χ1n) is 7.87. The molecule has 6 nitrogen and oxygen atoms in total. The van der Waals surface area contributed by atoms with Crippen LogP contribution in [0.4, 0.5) is 5.95 Å². The maximum Gasteiger partial charge on any atom is 0.252 e. The molecule has 1 fully saturated rings. The largest absolute Gasteiger partial charge is 0.393 e. The summed E-state index contributed by atoms with van der Waals surface area (Å²) < 4.78 is 1.69. The number of aromatic nitrogens is 3. The molecule has 2 heterocycles. The van der Waals surface area contributed by atoms with Gasteiger partial charge in [0.25, 0.3) is 5.56 Å². The Hall–Kier alpha value is -1.95. The van der Waals surface area contributed by atoms with Crippen LogP contribution in [0.15, 0.2) is 23.1 Å².